The molecule has 0 saturated heterocycles. The number of halogens is 1. The molecule has 0 heterocycles. The third kappa shape index (κ3) is 3.62. The average molecular weight is 251 g/mol. The fraction of sp³-hybridized carbons (Fsp3) is 0.462. The van der Waals surface area contributed by atoms with Crippen molar-refractivity contribution in [1.82, 2.24) is 5.32 Å². The van der Waals surface area contributed by atoms with Gasteiger partial charge in [-0.3, -0.25) is 0 Å². The van der Waals surface area contributed by atoms with Gasteiger partial charge in [-0.2, -0.15) is 5.26 Å². The third-order valence-electron chi connectivity index (χ3n) is 2.65. The molecule has 1 unspecified atom stereocenters. The molecule has 0 amide bonds. The summed E-state index contributed by atoms with van der Waals surface area (Å²) < 4.78 is 5.37. The lowest BCUT2D eigenvalue weighted by atomic mass is 10.2. The molecular weight excluding hydrogens is 236 g/mol. The van der Waals surface area contributed by atoms with E-state index in [4.69, 9.17) is 21.6 Å². The molecule has 1 N–H and O–H groups in total. The zero-order valence-corrected chi connectivity index (χ0v) is 10.5. The van der Waals surface area contributed by atoms with Crippen molar-refractivity contribution in [2.45, 2.75) is 38.5 Å². The smallest absolute Gasteiger partial charge is 0.181 e. The molecule has 1 aromatic rings. The largest absolute Gasteiger partial charge is 0.474 e. The van der Waals surface area contributed by atoms with Crippen molar-refractivity contribution in [2.75, 3.05) is 0 Å². The minimum absolute atomic E-state index is 0.483. The second-order valence-corrected chi connectivity index (χ2v) is 4.72. The first-order chi connectivity index (χ1) is 8.19. The van der Waals surface area contributed by atoms with Gasteiger partial charge < -0.3 is 10.1 Å². The number of hydrogen-bond acceptors (Lipinski definition) is 3. The summed E-state index contributed by atoms with van der Waals surface area (Å²) in [7, 11) is 0. The molecular formula is C13H15ClN2O. The Morgan fingerprint density at radius 1 is 1.59 bits per heavy atom. The van der Waals surface area contributed by atoms with E-state index in [0.717, 1.165) is 12.1 Å². The van der Waals surface area contributed by atoms with E-state index in [-0.39, 0.29) is 0 Å². The molecule has 1 aliphatic carbocycles. The fourth-order valence-electron chi connectivity index (χ4n) is 1.52. The van der Waals surface area contributed by atoms with E-state index in [0.29, 0.717) is 16.8 Å². The van der Waals surface area contributed by atoms with Gasteiger partial charge in [0.15, 0.2) is 6.10 Å². The first-order valence-corrected chi connectivity index (χ1v) is 6.15. The Hall–Kier alpha value is -1.24. The van der Waals surface area contributed by atoms with Crippen LogP contribution in [0, 0.1) is 11.3 Å². The zero-order valence-electron chi connectivity index (χ0n) is 9.74. The van der Waals surface area contributed by atoms with Crippen LogP contribution in [0.5, 0.6) is 5.75 Å². The van der Waals surface area contributed by atoms with E-state index in [9.17, 15) is 0 Å². The Morgan fingerprint density at radius 2 is 2.35 bits per heavy atom. The molecule has 0 aromatic heterocycles. The molecule has 0 aliphatic heterocycles. The molecule has 4 heteroatoms. The highest BCUT2D eigenvalue weighted by Crippen LogP contribution is 2.27. The van der Waals surface area contributed by atoms with Crippen molar-refractivity contribution in [3.63, 3.8) is 0 Å². The summed E-state index contributed by atoms with van der Waals surface area (Å²) in [5, 5.41) is 12.6. The second kappa shape index (κ2) is 5.39. The topological polar surface area (TPSA) is 45.0 Å². The molecule has 1 fully saturated rings. The first-order valence-electron chi connectivity index (χ1n) is 5.77. The lowest BCUT2D eigenvalue weighted by Gasteiger charge is -2.11. The van der Waals surface area contributed by atoms with Crippen LogP contribution in [-0.2, 0) is 6.54 Å². The summed E-state index contributed by atoms with van der Waals surface area (Å²) in [6.07, 6.45) is 2.06. The Bertz CT molecular complexity index is 438. The monoisotopic (exact) mass is 250 g/mol. The summed E-state index contributed by atoms with van der Waals surface area (Å²) in [4.78, 5) is 0. The fourth-order valence-corrected chi connectivity index (χ4v) is 1.76. The highest BCUT2D eigenvalue weighted by atomic mass is 35.5. The summed E-state index contributed by atoms with van der Waals surface area (Å²) >= 11 is 6.10. The number of ether oxygens (including phenoxy) is 1. The van der Waals surface area contributed by atoms with Crippen LogP contribution in [0.25, 0.3) is 0 Å². The predicted octanol–water partition coefficient (Wildman–Crippen LogP) is 2.88. The van der Waals surface area contributed by atoms with E-state index in [2.05, 4.69) is 5.32 Å². The average Bonchev–Trinajstić information content (AvgIpc) is 3.13. The Morgan fingerprint density at radius 3 is 2.94 bits per heavy atom. The molecule has 1 aromatic carbocycles. The highest BCUT2D eigenvalue weighted by Gasteiger charge is 2.20. The van der Waals surface area contributed by atoms with E-state index in [1.807, 2.05) is 24.3 Å². The van der Waals surface area contributed by atoms with Gasteiger partial charge in [0, 0.05) is 12.6 Å². The molecule has 90 valence electrons. The van der Waals surface area contributed by atoms with Gasteiger partial charge in [-0.25, -0.2) is 0 Å². The molecule has 17 heavy (non-hydrogen) atoms. The molecule has 2 rings (SSSR count). The van der Waals surface area contributed by atoms with Crippen molar-refractivity contribution >= 4 is 11.6 Å². The van der Waals surface area contributed by atoms with Crippen LogP contribution in [0.1, 0.15) is 25.3 Å². The van der Waals surface area contributed by atoms with Crippen molar-refractivity contribution in [3.8, 4) is 11.8 Å². The summed E-state index contributed by atoms with van der Waals surface area (Å²) in [6, 6.07) is 8.37. The summed E-state index contributed by atoms with van der Waals surface area (Å²) in [5.41, 5.74) is 1.14. The van der Waals surface area contributed by atoms with Crippen molar-refractivity contribution < 1.29 is 4.74 Å². The Kier molecular flexibility index (Phi) is 3.88. The maximum atomic E-state index is 8.67. The number of nitriles is 1. The Labute approximate surface area is 106 Å². The zero-order chi connectivity index (χ0) is 12.3. The van der Waals surface area contributed by atoms with Crippen LogP contribution in [0.2, 0.25) is 5.02 Å². The Balaban J connectivity index is 1.97. The van der Waals surface area contributed by atoms with Crippen LogP contribution in [0.3, 0.4) is 0 Å². The van der Waals surface area contributed by atoms with E-state index < -0.39 is 6.10 Å². The summed E-state index contributed by atoms with van der Waals surface area (Å²) in [5.74, 6) is 0.566. The van der Waals surface area contributed by atoms with E-state index in [1.165, 1.54) is 12.8 Å². The van der Waals surface area contributed by atoms with Gasteiger partial charge in [0.1, 0.15) is 11.8 Å². The van der Waals surface area contributed by atoms with E-state index >= 15 is 0 Å². The maximum absolute atomic E-state index is 8.67. The minimum Gasteiger partial charge on any atom is -0.474 e. The van der Waals surface area contributed by atoms with Gasteiger partial charge in [-0.1, -0.05) is 17.7 Å². The lowest BCUT2D eigenvalue weighted by Crippen LogP contribution is -2.15. The van der Waals surface area contributed by atoms with Gasteiger partial charge >= 0.3 is 0 Å². The minimum atomic E-state index is -0.483. The second-order valence-electron chi connectivity index (χ2n) is 4.31. The van der Waals surface area contributed by atoms with Gasteiger partial charge in [-0.15, -0.1) is 0 Å². The molecule has 0 spiro atoms. The van der Waals surface area contributed by atoms with E-state index in [1.54, 1.807) is 6.92 Å². The number of rotatable bonds is 5. The molecule has 3 nitrogen and oxygen atoms in total. The quantitative estimate of drug-likeness (QED) is 0.874. The van der Waals surface area contributed by atoms with Crippen LogP contribution < -0.4 is 10.1 Å². The maximum Gasteiger partial charge on any atom is 0.181 e. The number of benzene rings is 1. The normalized spacial score (nSPS) is 16.3. The number of nitrogens with zero attached hydrogens (tertiary/aromatic N) is 1. The third-order valence-corrected chi connectivity index (χ3v) is 2.95. The lowest BCUT2D eigenvalue weighted by molar-refractivity contribution is 0.276. The van der Waals surface area contributed by atoms with Crippen molar-refractivity contribution in [3.05, 3.63) is 28.8 Å². The van der Waals surface area contributed by atoms with Crippen molar-refractivity contribution in [2.24, 2.45) is 0 Å². The number of hydrogen-bond donors (Lipinski definition) is 1. The molecule has 1 aliphatic rings. The predicted molar refractivity (Wildman–Crippen MR) is 67.0 cm³/mol. The first kappa shape index (κ1) is 12.2. The number of nitrogens with one attached hydrogen (secondary N) is 1. The molecule has 1 saturated carbocycles. The molecule has 0 bridgehead atoms. The van der Waals surface area contributed by atoms with Crippen LogP contribution in [-0.4, -0.2) is 12.1 Å². The van der Waals surface area contributed by atoms with Gasteiger partial charge in [0.05, 0.1) is 5.02 Å². The van der Waals surface area contributed by atoms with Crippen LogP contribution >= 0.6 is 11.6 Å². The van der Waals surface area contributed by atoms with Crippen LogP contribution in [0.15, 0.2) is 18.2 Å². The molecule has 1 atom stereocenters. The molecule has 0 radical (unpaired) electrons. The van der Waals surface area contributed by atoms with Gasteiger partial charge in [0.2, 0.25) is 0 Å². The van der Waals surface area contributed by atoms with Crippen molar-refractivity contribution in [1.29, 1.82) is 5.26 Å². The van der Waals surface area contributed by atoms with Gasteiger partial charge in [-0.05, 0) is 37.5 Å². The highest BCUT2D eigenvalue weighted by molar-refractivity contribution is 6.32. The van der Waals surface area contributed by atoms with Gasteiger partial charge in [0.25, 0.3) is 0 Å². The van der Waals surface area contributed by atoms with Crippen LogP contribution in [0.4, 0.5) is 0 Å². The SMILES string of the molecule is CC(C#N)Oc1ccc(CNC2CC2)cc1Cl. The standard InChI is InChI=1S/C13H15ClN2O/c1-9(7-15)17-13-5-2-10(6-12(13)14)8-16-11-3-4-11/h2,5-6,9,11,16H,3-4,8H2,1H3. The summed E-state index contributed by atoms with van der Waals surface area (Å²) in [6.45, 7) is 2.53.